The topological polar surface area (TPSA) is 64.1 Å². The lowest BCUT2D eigenvalue weighted by atomic mass is 10.2. The van der Waals surface area contributed by atoms with E-state index < -0.39 is 0 Å². The van der Waals surface area contributed by atoms with E-state index in [1.807, 2.05) is 36.6 Å². The number of carbonyl (C=O) groups is 1. The van der Waals surface area contributed by atoms with Crippen LogP contribution in [0.15, 0.2) is 54.2 Å². The van der Waals surface area contributed by atoms with Gasteiger partial charge in [-0.05, 0) is 31.2 Å². The summed E-state index contributed by atoms with van der Waals surface area (Å²) in [5.41, 5.74) is 2.57. The molecule has 128 valence electrons. The number of rotatable bonds is 7. The normalized spacial score (nSPS) is 10.4. The Bertz CT molecular complexity index is 833. The maximum absolute atomic E-state index is 12.3. The molecule has 0 saturated heterocycles. The van der Waals surface area contributed by atoms with Gasteiger partial charge >= 0.3 is 0 Å². The van der Waals surface area contributed by atoms with Crippen molar-refractivity contribution in [1.82, 2.24) is 15.3 Å². The number of nitrogens with zero attached hydrogens (tertiary/aromatic N) is 2. The average Bonchev–Trinajstić information content (AvgIpc) is 3.06. The number of thiazole rings is 1. The van der Waals surface area contributed by atoms with Gasteiger partial charge in [0.05, 0.1) is 10.7 Å². The van der Waals surface area contributed by atoms with Gasteiger partial charge in [-0.2, -0.15) is 0 Å². The molecular weight excluding hydrogens is 334 g/mol. The molecule has 0 aliphatic rings. The lowest BCUT2D eigenvalue weighted by Gasteiger charge is -2.08. The summed E-state index contributed by atoms with van der Waals surface area (Å²) in [6.45, 7) is 2.95. The van der Waals surface area contributed by atoms with Crippen molar-refractivity contribution >= 4 is 17.2 Å². The van der Waals surface area contributed by atoms with E-state index in [-0.39, 0.29) is 5.91 Å². The van der Waals surface area contributed by atoms with Crippen molar-refractivity contribution in [2.24, 2.45) is 0 Å². The SMILES string of the molecule is Cc1nc(CCNC(=O)c2cccc(OCc3cccnc3)c2)cs1. The van der Waals surface area contributed by atoms with Gasteiger partial charge in [-0.25, -0.2) is 4.98 Å². The van der Waals surface area contributed by atoms with Crippen LogP contribution in [0, 0.1) is 6.92 Å². The fourth-order valence-electron chi connectivity index (χ4n) is 2.31. The van der Waals surface area contributed by atoms with Crippen LogP contribution in [0.4, 0.5) is 0 Å². The number of carbonyl (C=O) groups excluding carboxylic acids is 1. The predicted molar refractivity (Wildman–Crippen MR) is 97.9 cm³/mol. The van der Waals surface area contributed by atoms with Crippen LogP contribution in [0.25, 0.3) is 0 Å². The molecule has 0 spiro atoms. The Kier molecular flexibility index (Phi) is 5.74. The van der Waals surface area contributed by atoms with Gasteiger partial charge in [-0.3, -0.25) is 9.78 Å². The van der Waals surface area contributed by atoms with Gasteiger partial charge in [0.25, 0.3) is 5.91 Å². The van der Waals surface area contributed by atoms with Crippen molar-refractivity contribution in [3.8, 4) is 5.75 Å². The average molecular weight is 353 g/mol. The second kappa shape index (κ2) is 8.39. The van der Waals surface area contributed by atoms with Crippen LogP contribution < -0.4 is 10.1 Å². The van der Waals surface area contributed by atoms with Crippen LogP contribution in [0.5, 0.6) is 5.75 Å². The molecule has 0 fully saturated rings. The fourth-order valence-corrected chi connectivity index (χ4v) is 2.95. The van der Waals surface area contributed by atoms with Crippen molar-refractivity contribution in [3.63, 3.8) is 0 Å². The lowest BCUT2D eigenvalue weighted by Crippen LogP contribution is -2.25. The first-order valence-corrected chi connectivity index (χ1v) is 8.89. The maximum atomic E-state index is 12.3. The molecule has 3 rings (SSSR count). The van der Waals surface area contributed by atoms with Gasteiger partial charge in [-0.15, -0.1) is 11.3 Å². The summed E-state index contributed by atoms with van der Waals surface area (Å²) in [6.07, 6.45) is 4.21. The summed E-state index contributed by atoms with van der Waals surface area (Å²) in [5.74, 6) is 0.547. The smallest absolute Gasteiger partial charge is 0.251 e. The number of amides is 1. The summed E-state index contributed by atoms with van der Waals surface area (Å²) in [7, 11) is 0. The molecule has 1 amide bonds. The summed E-state index contributed by atoms with van der Waals surface area (Å²) in [4.78, 5) is 20.7. The van der Waals surface area contributed by atoms with E-state index in [2.05, 4.69) is 15.3 Å². The Morgan fingerprint density at radius 1 is 1.28 bits per heavy atom. The third-order valence-electron chi connectivity index (χ3n) is 3.56. The first-order chi connectivity index (χ1) is 12.2. The van der Waals surface area contributed by atoms with E-state index in [0.29, 0.717) is 24.5 Å². The number of ether oxygens (including phenoxy) is 1. The second-order valence-electron chi connectivity index (χ2n) is 5.54. The van der Waals surface area contributed by atoms with Gasteiger partial charge < -0.3 is 10.1 Å². The molecule has 5 nitrogen and oxygen atoms in total. The molecule has 2 aromatic heterocycles. The molecular formula is C19H19N3O2S. The molecule has 1 aromatic carbocycles. The highest BCUT2D eigenvalue weighted by molar-refractivity contribution is 7.09. The van der Waals surface area contributed by atoms with Gasteiger partial charge in [0.15, 0.2) is 0 Å². The molecule has 0 bridgehead atoms. The standard InChI is InChI=1S/C19H19N3O2S/c1-14-22-17(13-25-14)7-9-21-19(23)16-5-2-6-18(10-16)24-12-15-4-3-8-20-11-15/h2-6,8,10-11,13H,7,9,12H2,1H3,(H,21,23). The Hall–Kier alpha value is -2.73. The monoisotopic (exact) mass is 353 g/mol. The van der Waals surface area contributed by atoms with Crippen molar-refractivity contribution in [1.29, 1.82) is 0 Å². The van der Waals surface area contributed by atoms with E-state index in [9.17, 15) is 4.79 Å². The molecule has 0 saturated carbocycles. The van der Waals surface area contributed by atoms with Crippen LogP contribution in [-0.4, -0.2) is 22.4 Å². The Morgan fingerprint density at radius 3 is 2.96 bits per heavy atom. The van der Waals surface area contributed by atoms with Gasteiger partial charge in [0.2, 0.25) is 0 Å². The highest BCUT2D eigenvalue weighted by Crippen LogP contribution is 2.15. The molecule has 0 radical (unpaired) electrons. The number of aromatic nitrogens is 2. The van der Waals surface area contributed by atoms with E-state index in [4.69, 9.17) is 4.74 Å². The van der Waals surface area contributed by atoms with Crippen molar-refractivity contribution in [3.05, 3.63) is 76.0 Å². The van der Waals surface area contributed by atoms with Crippen LogP contribution in [-0.2, 0) is 13.0 Å². The third kappa shape index (κ3) is 5.12. The minimum atomic E-state index is -0.112. The highest BCUT2D eigenvalue weighted by Gasteiger charge is 2.07. The predicted octanol–water partition coefficient (Wildman–Crippen LogP) is 3.40. The third-order valence-corrected chi connectivity index (χ3v) is 4.38. The quantitative estimate of drug-likeness (QED) is 0.707. The summed E-state index contributed by atoms with van der Waals surface area (Å²) in [6, 6.07) is 11.0. The van der Waals surface area contributed by atoms with Crippen LogP contribution in [0.3, 0.4) is 0 Å². The number of pyridine rings is 1. The van der Waals surface area contributed by atoms with Gasteiger partial charge in [0, 0.05) is 41.9 Å². The molecule has 6 heteroatoms. The van der Waals surface area contributed by atoms with E-state index in [1.54, 1.807) is 35.9 Å². The first kappa shape index (κ1) is 17.1. The summed E-state index contributed by atoms with van der Waals surface area (Å²) in [5, 5.41) is 5.98. The molecule has 25 heavy (non-hydrogen) atoms. The van der Waals surface area contributed by atoms with Crippen molar-refractivity contribution < 1.29 is 9.53 Å². The van der Waals surface area contributed by atoms with E-state index in [0.717, 1.165) is 22.7 Å². The molecule has 0 atom stereocenters. The van der Waals surface area contributed by atoms with Crippen molar-refractivity contribution in [2.75, 3.05) is 6.54 Å². The minimum Gasteiger partial charge on any atom is -0.489 e. The van der Waals surface area contributed by atoms with Gasteiger partial charge in [0.1, 0.15) is 12.4 Å². The van der Waals surface area contributed by atoms with Crippen LogP contribution >= 0.6 is 11.3 Å². The summed E-state index contributed by atoms with van der Waals surface area (Å²) >= 11 is 1.62. The first-order valence-electron chi connectivity index (χ1n) is 8.02. The number of aryl methyl sites for hydroxylation is 1. The molecule has 2 heterocycles. The molecule has 0 aliphatic carbocycles. The van der Waals surface area contributed by atoms with Crippen LogP contribution in [0.1, 0.15) is 26.6 Å². The fraction of sp³-hybridized carbons (Fsp3) is 0.211. The zero-order valence-electron chi connectivity index (χ0n) is 13.9. The maximum Gasteiger partial charge on any atom is 0.251 e. The van der Waals surface area contributed by atoms with Gasteiger partial charge in [-0.1, -0.05) is 12.1 Å². The lowest BCUT2D eigenvalue weighted by molar-refractivity contribution is 0.0953. The number of benzene rings is 1. The minimum absolute atomic E-state index is 0.112. The Labute approximate surface area is 150 Å². The molecule has 1 N–H and O–H groups in total. The zero-order valence-corrected chi connectivity index (χ0v) is 14.8. The van der Waals surface area contributed by atoms with E-state index in [1.165, 1.54) is 0 Å². The molecule has 0 unspecified atom stereocenters. The Balaban J connectivity index is 1.52. The van der Waals surface area contributed by atoms with Crippen LogP contribution in [0.2, 0.25) is 0 Å². The molecule has 0 aliphatic heterocycles. The second-order valence-corrected chi connectivity index (χ2v) is 6.60. The molecule has 3 aromatic rings. The van der Waals surface area contributed by atoms with E-state index >= 15 is 0 Å². The van der Waals surface area contributed by atoms with Crippen molar-refractivity contribution in [2.45, 2.75) is 20.0 Å². The zero-order chi connectivity index (χ0) is 17.5. The summed E-state index contributed by atoms with van der Waals surface area (Å²) < 4.78 is 5.73. The Morgan fingerprint density at radius 2 is 2.20 bits per heavy atom. The highest BCUT2D eigenvalue weighted by atomic mass is 32.1. The largest absolute Gasteiger partial charge is 0.489 e. The number of hydrogen-bond acceptors (Lipinski definition) is 5. The number of nitrogens with one attached hydrogen (secondary N) is 1. The number of hydrogen-bond donors (Lipinski definition) is 1.